The fraction of sp³-hybridized carbons (Fsp3) is 0.167. The Labute approximate surface area is 133 Å². The maximum atomic E-state index is 6.00. The van der Waals surface area contributed by atoms with Gasteiger partial charge in [0.25, 0.3) is 0 Å². The molecule has 0 radical (unpaired) electrons. The monoisotopic (exact) mass is 309 g/mol. The molecule has 1 aliphatic heterocycles. The second-order valence-electron chi connectivity index (χ2n) is 5.14. The minimum absolute atomic E-state index is 0.0545. The van der Waals surface area contributed by atoms with Crippen LogP contribution in [0.1, 0.15) is 0 Å². The number of rotatable bonds is 3. The average molecular weight is 309 g/mol. The molecule has 110 valence electrons. The molecule has 0 amide bonds. The second-order valence-corrected chi connectivity index (χ2v) is 6.20. The van der Waals surface area contributed by atoms with Crippen molar-refractivity contribution in [2.45, 2.75) is 11.0 Å². The molecule has 4 rings (SSSR count). The van der Waals surface area contributed by atoms with Crippen LogP contribution in [-0.4, -0.2) is 23.4 Å². The Morgan fingerprint density at radius 3 is 2.82 bits per heavy atom. The van der Waals surface area contributed by atoms with E-state index >= 15 is 0 Å². The molecule has 0 fully saturated rings. The van der Waals surface area contributed by atoms with Crippen LogP contribution < -0.4 is 9.47 Å². The molecule has 0 spiro atoms. The molecule has 4 heteroatoms. The number of aromatic nitrogens is 1. The van der Waals surface area contributed by atoms with Crippen LogP contribution in [0.15, 0.2) is 65.7 Å². The zero-order chi connectivity index (χ0) is 14.8. The van der Waals surface area contributed by atoms with Crippen molar-refractivity contribution >= 4 is 22.7 Å². The molecule has 1 aliphatic rings. The third-order valence-electron chi connectivity index (χ3n) is 3.59. The number of fused-ring (bicyclic) bond motifs is 2. The predicted octanol–water partition coefficient (Wildman–Crippen LogP) is 4.17. The van der Waals surface area contributed by atoms with Gasteiger partial charge in [0.2, 0.25) is 0 Å². The van der Waals surface area contributed by atoms with Gasteiger partial charge in [-0.15, -0.1) is 11.8 Å². The summed E-state index contributed by atoms with van der Waals surface area (Å²) < 4.78 is 11.8. The summed E-state index contributed by atoms with van der Waals surface area (Å²) >= 11 is 1.76. The van der Waals surface area contributed by atoms with E-state index < -0.39 is 0 Å². The predicted molar refractivity (Wildman–Crippen MR) is 88.8 cm³/mol. The van der Waals surface area contributed by atoms with Crippen LogP contribution in [0, 0.1) is 0 Å². The summed E-state index contributed by atoms with van der Waals surface area (Å²) in [7, 11) is 0. The maximum absolute atomic E-state index is 6.00. The third-order valence-corrected chi connectivity index (χ3v) is 4.77. The molecular formula is C18H15NO2S. The molecule has 0 N–H and O–H groups in total. The lowest BCUT2D eigenvalue weighted by Crippen LogP contribution is -2.31. The summed E-state index contributed by atoms with van der Waals surface area (Å²) in [6.07, 6.45) is 1.89. The summed E-state index contributed by atoms with van der Waals surface area (Å²) in [5.74, 6) is 2.50. The number of para-hydroxylation sites is 3. The van der Waals surface area contributed by atoms with E-state index in [-0.39, 0.29) is 6.10 Å². The van der Waals surface area contributed by atoms with Crippen molar-refractivity contribution in [2.75, 3.05) is 12.4 Å². The first-order valence-corrected chi connectivity index (χ1v) is 8.24. The van der Waals surface area contributed by atoms with Crippen molar-refractivity contribution in [3.63, 3.8) is 0 Å². The largest absolute Gasteiger partial charge is 0.486 e. The van der Waals surface area contributed by atoms with Gasteiger partial charge < -0.3 is 9.47 Å². The first kappa shape index (κ1) is 13.5. The molecule has 0 aliphatic carbocycles. The van der Waals surface area contributed by atoms with E-state index in [1.54, 1.807) is 11.8 Å². The minimum atomic E-state index is 0.0545. The normalized spacial score (nSPS) is 16.6. The molecule has 3 nitrogen and oxygen atoms in total. The lowest BCUT2D eigenvalue weighted by molar-refractivity contribution is 0.107. The number of hydrogen-bond donors (Lipinski definition) is 0. The van der Waals surface area contributed by atoms with Crippen molar-refractivity contribution in [1.29, 1.82) is 0 Å². The van der Waals surface area contributed by atoms with Crippen molar-refractivity contribution in [3.05, 3.63) is 60.8 Å². The Morgan fingerprint density at radius 1 is 1.00 bits per heavy atom. The maximum Gasteiger partial charge on any atom is 0.161 e. The van der Waals surface area contributed by atoms with Gasteiger partial charge in [-0.25, -0.2) is 0 Å². The van der Waals surface area contributed by atoms with E-state index in [2.05, 4.69) is 29.2 Å². The highest BCUT2D eigenvalue weighted by molar-refractivity contribution is 7.99. The number of hydrogen-bond acceptors (Lipinski definition) is 4. The molecule has 0 bridgehead atoms. The van der Waals surface area contributed by atoms with Crippen molar-refractivity contribution < 1.29 is 9.47 Å². The van der Waals surface area contributed by atoms with Crippen LogP contribution in [0.2, 0.25) is 0 Å². The highest BCUT2D eigenvalue weighted by atomic mass is 32.2. The van der Waals surface area contributed by atoms with Gasteiger partial charge in [0.15, 0.2) is 11.5 Å². The lowest BCUT2D eigenvalue weighted by atomic mass is 10.2. The molecule has 1 atom stereocenters. The topological polar surface area (TPSA) is 31.4 Å². The number of thioether (sulfide) groups is 1. The number of ether oxygens (including phenoxy) is 2. The van der Waals surface area contributed by atoms with Crippen LogP contribution in [-0.2, 0) is 0 Å². The molecule has 2 aromatic carbocycles. The summed E-state index contributed by atoms with van der Waals surface area (Å²) in [6, 6.07) is 18.1. The van der Waals surface area contributed by atoms with E-state index in [0.29, 0.717) is 6.61 Å². The van der Waals surface area contributed by atoms with Crippen LogP contribution in [0.4, 0.5) is 0 Å². The SMILES string of the molecule is c1ccc2c(c1)OC[C@@H](CSc1cccc3cccnc13)O2. The van der Waals surface area contributed by atoms with Gasteiger partial charge in [-0.2, -0.15) is 0 Å². The summed E-state index contributed by atoms with van der Waals surface area (Å²) in [5.41, 5.74) is 1.05. The number of pyridine rings is 1. The van der Waals surface area contributed by atoms with E-state index in [4.69, 9.17) is 9.47 Å². The van der Waals surface area contributed by atoms with Crippen molar-refractivity contribution in [2.24, 2.45) is 0 Å². The van der Waals surface area contributed by atoms with Gasteiger partial charge in [0, 0.05) is 22.2 Å². The standard InChI is InChI=1S/C18H15NO2S/c1-2-8-16-15(7-1)20-11-14(21-16)12-22-17-9-3-5-13-6-4-10-19-18(13)17/h1-10,14H,11-12H2/t14-/m0/s1. The molecule has 22 heavy (non-hydrogen) atoms. The molecule has 2 heterocycles. The Hall–Kier alpha value is -2.20. The first-order chi connectivity index (χ1) is 10.9. The molecule has 0 saturated heterocycles. The molecule has 1 aromatic heterocycles. The molecular weight excluding hydrogens is 294 g/mol. The highest BCUT2D eigenvalue weighted by Gasteiger charge is 2.20. The second kappa shape index (κ2) is 5.89. The van der Waals surface area contributed by atoms with Gasteiger partial charge in [0.1, 0.15) is 12.7 Å². The molecule has 0 unspecified atom stereocenters. The van der Waals surface area contributed by atoms with Gasteiger partial charge in [-0.05, 0) is 24.3 Å². The summed E-state index contributed by atoms with van der Waals surface area (Å²) in [6.45, 7) is 0.586. The smallest absolute Gasteiger partial charge is 0.161 e. The van der Waals surface area contributed by atoms with Gasteiger partial charge in [0.05, 0.1) is 5.52 Å². The Bertz CT molecular complexity index is 800. The minimum Gasteiger partial charge on any atom is -0.486 e. The summed E-state index contributed by atoms with van der Waals surface area (Å²) in [4.78, 5) is 5.67. The van der Waals surface area contributed by atoms with Crippen LogP contribution in [0.25, 0.3) is 10.9 Å². The highest BCUT2D eigenvalue weighted by Crippen LogP contribution is 2.33. The van der Waals surface area contributed by atoms with Gasteiger partial charge >= 0.3 is 0 Å². The van der Waals surface area contributed by atoms with Crippen molar-refractivity contribution in [1.82, 2.24) is 4.98 Å². The molecule has 3 aromatic rings. The van der Waals surface area contributed by atoms with Gasteiger partial charge in [-0.1, -0.05) is 30.3 Å². The van der Waals surface area contributed by atoms with E-state index in [9.17, 15) is 0 Å². The lowest BCUT2D eigenvalue weighted by Gasteiger charge is -2.26. The quantitative estimate of drug-likeness (QED) is 0.680. The Morgan fingerprint density at radius 2 is 1.86 bits per heavy atom. The zero-order valence-electron chi connectivity index (χ0n) is 11.9. The van der Waals surface area contributed by atoms with Crippen LogP contribution in [0.5, 0.6) is 11.5 Å². The number of benzene rings is 2. The van der Waals surface area contributed by atoms with Crippen LogP contribution in [0.3, 0.4) is 0 Å². The molecule has 0 saturated carbocycles. The van der Waals surface area contributed by atoms with E-state index in [0.717, 1.165) is 22.8 Å². The van der Waals surface area contributed by atoms with Crippen LogP contribution >= 0.6 is 11.8 Å². The van der Waals surface area contributed by atoms with E-state index in [1.807, 2.05) is 36.5 Å². The average Bonchev–Trinajstić information content (AvgIpc) is 2.60. The fourth-order valence-corrected chi connectivity index (χ4v) is 3.53. The number of nitrogens with zero attached hydrogens (tertiary/aromatic N) is 1. The van der Waals surface area contributed by atoms with E-state index in [1.165, 1.54) is 10.3 Å². The van der Waals surface area contributed by atoms with Gasteiger partial charge in [-0.3, -0.25) is 4.98 Å². The Balaban J connectivity index is 1.49. The third kappa shape index (κ3) is 2.62. The summed E-state index contributed by atoms with van der Waals surface area (Å²) in [5, 5.41) is 1.17. The Kier molecular flexibility index (Phi) is 3.60. The zero-order valence-corrected chi connectivity index (χ0v) is 12.8. The first-order valence-electron chi connectivity index (χ1n) is 7.25. The fourth-order valence-electron chi connectivity index (χ4n) is 2.52. The van der Waals surface area contributed by atoms with Crippen molar-refractivity contribution in [3.8, 4) is 11.5 Å².